The second-order valence-corrected chi connectivity index (χ2v) is 8.08. The summed E-state index contributed by atoms with van der Waals surface area (Å²) < 4.78 is 0. The van der Waals surface area contributed by atoms with Crippen LogP contribution in [0.2, 0.25) is 0 Å². The van der Waals surface area contributed by atoms with Crippen LogP contribution in [0.5, 0.6) is 0 Å². The molecule has 6 heteroatoms. The van der Waals surface area contributed by atoms with Gasteiger partial charge in [0.05, 0.1) is 5.36 Å². The first-order valence-electron chi connectivity index (χ1n) is 9.17. The van der Waals surface area contributed by atoms with Gasteiger partial charge in [0.2, 0.25) is 0 Å². The summed E-state index contributed by atoms with van der Waals surface area (Å²) in [6.07, 6.45) is -0.352. The molecule has 2 aliphatic heterocycles. The summed E-state index contributed by atoms with van der Waals surface area (Å²) in [7, 11) is 0. The maximum Gasteiger partial charge on any atom is 0.276 e. The minimum atomic E-state index is -0.352. The number of carbonyl (C=O) groups is 1. The summed E-state index contributed by atoms with van der Waals surface area (Å²) in [5, 5.41) is 11.6. The number of hydrogen-bond donors (Lipinski definition) is 1. The van der Waals surface area contributed by atoms with Crippen LogP contribution in [0.3, 0.4) is 0 Å². The van der Waals surface area contributed by atoms with Gasteiger partial charge in [-0.3, -0.25) is 15.1 Å². The number of fused-ring (bicyclic) bond motifs is 2. The summed E-state index contributed by atoms with van der Waals surface area (Å²) in [5.74, 6) is 1.17. The molecule has 2 aromatic rings. The molecule has 0 fully saturated rings. The molecule has 2 heterocycles. The zero-order chi connectivity index (χ0) is 19.0. The molecule has 27 heavy (non-hydrogen) atoms. The highest BCUT2D eigenvalue weighted by Gasteiger charge is 2.34. The van der Waals surface area contributed by atoms with E-state index in [1.807, 2.05) is 31.2 Å². The Balaban J connectivity index is 1.88. The van der Waals surface area contributed by atoms with Gasteiger partial charge in [-0.2, -0.15) is 0 Å². The van der Waals surface area contributed by atoms with E-state index in [2.05, 4.69) is 43.4 Å². The third-order valence-corrected chi connectivity index (χ3v) is 5.44. The normalized spacial score (nSPS) is 18.4. The van der Waals surface area contributed by atoms with Crippen molar-refractivity contribution in [3.8, 4) is 0 Å². The van der Waals surface area contributed by atoms with Crippen molar-refractivity contribution in [1.29, 1.82) is 0 Å². The summed E-state index contributed by atoms with van der Waals surface area (Å²) >= 11 is 1.52. The average Bonchev–Trinajstić information content (AvgIpc) is 2.67. The van der Waals surface area contributed by atoms with Gasteiger partial charge in [-0.15, -0.1) is 5.10 Å². The third kappa shape index (κ3) is 3.25. The molecule has 0 spiro atoms. The number of amidine groups is 1. The fourth-order valence-corrected chi connectivity index (χ4v) is 3.88. The van der Waals surface area contributed by atoms with Gasteiger partial charge in [-0.05, 0) is 28.9 Å². The van der Waals surface area contributed by atoms with Crippen molar-refractivity contribution in [2.24, 2.45) is 10.1 Å². The van der Waals surface area contributed by atoms with E-state index in [0.29, 0.717) is 16.8 Å². The van der Waals surface area contributed by atoms with Crippen molar-refractivity contribution in [2.75, 3.05) is 5.75 Å². The quantitative estimate of drug-likeness (QED) is 0.893. The van der Waals surface area contributed by atoms with Crippen LogP contribution >= 0.6 is 11.8 Å². The average molecular weight is 379 g/mol. The number of para-hydroxylation sites is 1. The van der Waals surface area contributed by atoms with Crippen LogP contribution in [-0.4, -0.2) is 21.8 Å². The molecule has 0 saturated carbocycles. The molecule has 2 aliphatic rings. The van der Waals surface area contributed by atoms with Gasteiger partial charge in [0.15, 0.2) is 11.3 Å². The van der Waals surface area contributed by atoms with Crippen LogP contribution in [0.25, 0.3) is 5.70 Å². The Labute approximate surface area is 162 Å². The molecule has 4 rings (SSSR count). The first kappa shape index (κ1) is 17.8. The lowest BCUT2D eigenvalue weighted by Crippen LogP contribution is -2.50. The number of nitrogens with one attached hydrogen (secondary N) is 1. The van der Waals surface area contributed by atoms with E-state index in [-0.39, 0.29) is 12.1 Å². The number of nitrogens with zero attached hydrogens (tertiary/aromatic N) is 3. The van der Waals surface area contributed by atoms with E-state index >= 15 is 0 Å². The fourth-order valence-electron chi connectivity index (χ4n) is 3.30. The summed E-state index contributed by atoms with van der Waals surface area (Å²) in [5.41, 5.74) is 2.85. The molecule has 5 nitrogen and oxygen atoms in total. The van der Waals surface area contributed by atoms with E-state index in [0.717, 1.165) is 21.9 Å². The van der Waals surface area contributed by atoms with Crippen LogP contribution in [0.4, 0.5) is 0 Å². The predicted molar refractivity (Wildman–Crippen MR) is 109 cm³/mol. The molecule has 0 radical (unpaired) electrons. The molecule has 0 unspecified atom stereocenters. The molecular weight excluding hydrogens is 356 g/mol. The van der Waals surface area contributed by atoms with Crippen LogP contribution < -0.4 is 15.9 Å². The zero-order valence-corrected chi connectivity index (χ0v) is 16.5. The van der Waals surface area contributed by atoms with Crippen molar-refractivity contribution in [1.82, 2.24) is 10.3 Å². The lowest BCUT2D eigenvalue weighted by Gasteiger charge is -2.34. The Morgan fingerprint density at radius 2 is 1.89 bits per heavy atom. The zero-order valence-electron chi connectivity index (χ0n) is 15.6. The predicted octanol–water partition coefficient (Wildman–Crippen LogP) is 2.71. The highest BCUT2D eigenvalue weighted by atomic mass is 32.2. The summed E-state index contributed by atoms with van der Waals surface area (Å²) in [4.78, 5) is 17.8. The molecule has 1 amide bonds. The van der Waals surface area contributed by atoms with Crippen LogP contribution in [-0.2, 0) is 4.79 Å². The van der Waals surface area contributed by atoms with Gasteiger partial charge >= 0.3 is 0 Å². The first-order chi connectivity index (χ1) is 13.1. The molecule has 138 valence electrons. The third-order valence-electron chi connectivity index (χ3n) is 4.70. The Kier molecular flexibility index (Phi) is 4.74. The molecule has 1 N–H and O–H groups in total. The maximum absolute atomic E-state index is 12.9. The van der Waals surface area contributed by atoms with E-state index in [1.165, 1.54) is 17.3 Å². The van der Waals surface area contributed by atoms with Crippen molar-refractivity contribution in [3.05, 3.63) is 70.2 Å². The second kappa shape index (κ2) is 7.19. The van der Waals surface area contributed by atoms with Gasteiger partial charge in [0.25, 0.3) is 5.91 Å². The summed E-state index contributed by atoms with van der Waals surface area (Å²) in [6.45, 7) is 6.39. The number of carbonyl (C=O) groups excluding carboxylic acids is 1. The Morgan fingerprint density at radius 3 is 2.59 bits per heavy atom. The lowest BCUT2D eigenvalue weighted by molar-refractivity contribution is -0.116. The molecule has 0 aliphatic carbocycles. The smallest absolute Gasteiger partial charge is 0.276 e. The molecule has 0 saturated heterocycles. The molecule has 0 aromatic heterocycles. The fraction of sp³-hybridized carbons (Fsp3) is 0.286. The van der Waals surface area contributed by atoms with Gasteiger partial charge in [-0.25, -0.2) is 5.01 Å². The van der Waals surface area contributed by atoms with E-state index < -0.39 is 0 Å². The highest BCUT2D eigenvalue weighted by molar-refractivity contribution is 8.13. The minimum Gasteiger partial charge on any atom is -0.298 e. The van der Waals surface area contributed by atoms with Gasteiger partial charge in [0, 0.05) is 5.22 Å². The first-order valence-corrected chi connectivity index (χ1v) is 10.2. The maximum atomic E-state index is 12.9. The topological polar surface area (TPSA) is 57.1 Å². The van der Waals surface area contributed by atoms with E-state index in [1.54, 1.807) is 5.01 Å². The van der Waals surface area contributed by atoms with Crippen LogP contribution in [0.15, 0.2) is 58.6 Å². The number of rotatable bonds is 3. The van der Waals surface area contributed by atoms with Gasteiger partial charge in [-0.1, -0.05) is 75.0 Å². The number of hydrazone groups is 1. The molecule has 2 aromatic carbocycles. The van der Waals surface area contributed by atoms with Crippen molar-refractivity contribution in [2.45, 2.75) is 32.9 Å². The van der Waals surface area contributed by atoms with E-state index in [4.69, 9.17) is 10.1 Å². The van der Waals surface area contributed by atoms with Gasteiger partial charge in [0.1, 0.15) is 5.70 Å². The van der Waals surface area contributed by atoms with Crippen molar-refractivity contribution < 1.29 is 4.79 Å². The Bertz CT molecular complexity index is 1030. The van der Waals surface area contributed by atoms with E-state index in [9.17, 15) is 4.79 Å². The SMILES string of the molecule is CCSC1=NN2C(=c3ccccc3=N[C@H]2c2ccc(C(C)C)cc2)C(=O)N1. The Hall–Kier alpha value is -2.60. The molecular formula is C21H22N4OS. The van der Waals surface area contributed by atoms with Crippen LogP contribution in [0.1, 0.15) is 44.0 Å². The summed E-state index contributed by atoms with van der Waals surface area (Å²) in [6, 6.07) is 16.2. The monoisotopic (exact) mass is 378 g/mol. The molecule has 0 bridgehead atoms. The minimum absolute atomic E-state index is 0.132. The number of hydrogen-bond acceptors (Lipinski definition) is 5. The number of amides is 1. The highest BCUT2D eigenvalue weighted by Crippen LogP contribution is 2.31. The number of thioether (sulfide) groups is 1. The largest absolute Gasteiger partial charge is 0.298 e. The second-order valence-electron chi connectivity index (χ2n) is 6.83. The lowest BCUT2D eigenvalue weighted by atomic mass is 10.0. The Morgan fingerprint density at radius 1 is 1.15 bits per heavy atom. The van der Waals surface area contributed by atoms with Crippen molar-refractivity contribution in [3.63, 3.8) is 0 Å². The van der Waals surface area contributed by atoms with Gasteiger partial charge < -0.3 is 0 Å². The standard InChI is InChI=1S/C21H22N4OS/c1-4-27-21-23-20(26)18-16-7-5-6-8-17(16)22-19(25(18)24-21)15-11-9-14(10-12-15)13(2)3/h5-13,19H,4H2,1-3H3,(H,23,24,26)/t19-/m1/s1. The number of benzene rings is 2. The van der Waals surface area contributed by atoms with Crippen molar-refractivity contribution >= 4 is 28.5 Å². The molecule has 1 atom stereocenters. The van der Waals surface area contributed by atoms with Crippen LogP contribution in [0, 0.1) is 0 Å².